The Morgan fingerprint density at radius 3 is 2.21 bits per heavy atom. The monoisotopic (exact) mass is 251 g/mol. The molecule has 0 bridgehead atoms. The summed E-state index contributed by atoms with van der Waals surface area (Å²) in [5, 5.41) is 0. The molecule has 0 amide bonds. The molecule has 2 N–H and O–H groups in total. The van der Waals surface area contributed by atoms with Crippen LogP contribution in [0.2, 0.25) is 0 Å². The van der Waals surface area contributed by atoms with E-state index in [9.17, 15) is 8.42 Å². The molecule has 0 aliphatic carbocycles. The molecule has 80 valence electrons. The maximum absolute atomic E-state index is 10.4. The van der Waals surface area contributed by atoms with Crippen molar-refractivity contribution < 1.29 is 74.6 Å². The number of nitrogens with zero attached hydrogens (tertiary/aromatic N) is 1. The smallest absolute Gasteiger partial charge is 0.870 e. The summed E-state index contributed by atoms with van der Waals surface area (Å²) in [6.07, 6.45) is 0. The molecule has 0 saturated carbocycles. The molecule has 6 nitrogen and oxygen atoms in total. The van der Waals surface area contributed by atoms with Gasteiger partial charge in [-0.1, -0.05) is 0 Å². The number of hydrogen-bond acceptors (Lipinski definition) is 5. The second-order valence-electron chi connectivity index (χ2n) is 2.74. The van der Waals surface area contributed by atoms with E-state index in [-0.39, 0.29) is 62.6 Å². The van der Waals surface area contributed by atoms with Crippen LogP contribution in [0.5, 0.6) is 0 Å². The van der Waals surface area contributed by atoms with Gasteiger partial charge in [-0.3, -0.25) is 9.45 Å². The Bertz CT molecular complexity index is 226. The van der Waals surface area contributed by atoms with E-state index < -0.39 is 10.1 Å². The van der Waals surface area contributed by atoms with Crippen LogP contribution in [0, 0.1) is 0 Å². The van der Waals surface area contributed by atoms with E-state index >= 15 is 0 Å². The summed E-state index contributed by atoms with van der Waals surface area (Å²) in [5.74, 6) is -0.188. The summed E-state index contributed by atoms with van der Waals surface area (Å²) < 4.78 is 34.3. The van der Waals surface area contributed by atoms with Gasteiger partial charge in [0.1, 0.15) is 0 Å². The molecule has 1 fully saturated rings. The Kier molecular flexibility index (Phi) is 10.9. The van der Waals surface area contributed by atoms with Crippen molar-refractivity contribution >= 4 is 10.1 Å². The minimum atomic E-state index is -3.81. The van der Waals surface area contributed by atoms with Gasteiger partial charge < -0.3 is 10.2 Å². The Labute approximate surface area is 126 Å². The minimum absolute atomic E-state index is 0. The minimum Gasteiger partial charge on any atom is -0.870 e. The molecule has 1 aliphatic heterocycles. The summed E-state index contributed by atoms with van der Waals surface area (Å²) in [6, 6.07) is 0. The molecule has 14 heavy (non-hydrogen) atoms. The van der Waals surface area contributed by atoms with Gasteiger partial charge in [-0.15, -0.1) is 0 Å². The molecule has 0 aromatic heterocycles. The maximum Gasteiger partial charge on any atom is 1.00 e. The van der Waals surface area contributed by atoms with Crippen molar-refractivity contribution in [1.29, 1.82) is 0 Å². The van der Waals surface area contributed by atoms with Gasteiger partial charge in [-0.2, -0.15) is 8.42 Å². The Morgan fingerprint density at radius 1 is 1.29 bits per heavy atom. The van der Waals surface area contributed by atoms with Gasteiger partial charge in [-0.05, 0) is 0 Å². The van der Waals surface area contributed by atoms with E-state index in [1.54, 1.807) is 0 Å². The zero-order valence-electron chi connectivity index (χ0n) is 8.22. The molecule has 0 unspecified atom stereocenters. The van der Waals surface area contributed by atoms with Gasteiger partial charge in [0.2, 0.25) is 0 Å². The van der Waals surface area contributed by atoms with E-state index in [4.69, 9.17) is 9.29 Å². The van der Waals surface area contributed by atoms with Crippen LogP contribution in [0.4, 0.5) is 0 Å². The van der Waals surface area contributed by atoms with Crippen LogP contribution in [-0.2, 0) is 14.9 Å². The molecule has 0 aromatic carbocycles. The van der Waals surface area contributed by atoms with Crippen molar-refractivity contribution in [1.82, 2.24) is 4.90 Å². The molecule has 0 atom stereocenters. The van der Waals surface area contributed by atoms with Crippen molar-refractivity contribution in [2.24, 2.45) is 0 Å². The predicted octanol–water partition coefficient (Wildman–Crippen LogP) is -3.97. The van der Waals surface area contributed by atoms with Crippen molar-refractivity contribution in [3.63, 3.8) is 0 Å². The van der Waals surface area contributed by atoms with E-state index in [1.807, 2.05) is 4.90 Å². The van der Waals surface area contributed by atoms with Crippen LogP contribution in [0.15, 0.2) is 0 Å². The fourth-order valence-electron chi connectivity index (χ4n) is 1.07. The first-order valence-electron chi connectivity index (χ1n) is 3.83. The summed E-state index contributed by atoms with van der Waals surface area (Å²) >= 11 is 0. The van der Waals surface area contributed by atoms with E-state index in [2.05, 4.69) is 0 Å². The van der Waals surface area contributed by atoms with Gasteiger partial charge in [0, 0.05) is 19.6 Å². The van der Waals surface area contributed by atoms with Crippen LogP contribution in [0.3, 0.4) is 0 Å². The summed E-state index contributed by atoms with van der Waals surface area (Å²) in [6.45, 7) is 3.17. The molecular formula is C6H14KNO5S. The maximum atomic E-state index is 10.4. The zero-order chi connectivity index (χ0) is 9.03. The molecule has 1 aliphatic rings. The average Bonchev–Trinajstić information content (AvgIpc) is 2.02. The van der Waals surface area contributed by atoms with Crippen LogP contribution < -0.4 is 51.4 Å². The number of morpholine rings is 1. The van der Waals surface area contributed by atoms with Crippen LogP contribution in [-0.4, -0.2) is 61.9 Å². The van der Waals surface area contributed by atoms with Gasteiger partial charge in [-0.25, -0.2) is 0 Å². The molecular weight excluding hydrogens is 237 g/mol. The standard InChI is InChI=1S/C6H13NO4S.K.H2O/c8-12(9,10)6-3-7-1-4-11-5-2-7;;/h1-6H2,(H,8,9,10);;1H2/q;+1;/p-1. The van der Waals surface area contributed by atoms with Crippen LogP contribution >= 0.6 is 0 Å². The molecule has 0 spiro atoms. The largest absolute Gasteiger partial charge is 1.00 e. The third-order valence-electron chi connectivity index (χ3n) is 1.77. The van der Waals surface area contributed by atoms with E-state index in [0.717, 1.165) is 13.1 Å². The van der Waals surface area contributed by atoms with Crippen molar-refractivity contribution in [3.05, 3.63) is 0 Å². The quantitative estimate of drug-likeness (QED) is 0.406. The molecule has 8 heteroatoms. The van der Waals surface area contributed by atoms with Crippen LogP contribution in [0.25, 0.3) is 0 Å². The van der Waals surface area contributed by atoms with E-state index in [0.29, 0.717) is 19.8 Å². The van der Waals surface area contributed by atoms with Gasteiger partial charge in [0.15, 0.2) is 0 Å². The SMILES string of the molecule is O=S(=O)(O)CCN1CCOCC1.[K+].[OH-]. The topological polar surface area (TPSA) is 96.8 Å². The summed E-state index contributed by atoms with van der Waals surface area (Å²) in [5.41, 5.74) is 0. The van der Waals surface area contributed by atoms with E-state index in [1.165, 1.54) is 0 Å². The Balaban J connectivity index is 0. The fourth-order valence-corrected chi connectivity index (χ4v) is 1.56. The predicted molar refractivity (Wildman–Crippen MR) is 45.6 cm³/mol. The molecule has 1 heterocycles. The second-order valence-corrected chi connectivity index (χ2v) is 4.31. The third-order valence-corrected chi connectivity index (χ3v) is 2.47. The fraction of sp³-hybridized carbons (Fsp3) is 1.00. The first kappa shape index (κ1) is 17.8. The zero-order valence-corrected chi connectivity index (χ0v) is 12.2. The number of rotatable bonds is 3. The first-order valence-corrected chi connectivity index (χ1v) is 5.44. The first-order chi connectivity index (χ1) is 5.58. The van der Waals surface area contributed by atoms with Gasteiger partial charge in [0.25, 0.3) is 10.1 Å². The summed E-state index contributed by atoms with van der Waals surface area (Å²) in [7, 11) is -3.81. The molecule has 1 saturated heterocycles. The summed E-state index contributed by atoms with van der Waals surface area (Å²) in [4.78, 5) is 1.96. The number of hydrogen-bond donors (Lipinski definition) is 1. The molecule has 1 rings (SSSR count). The Morgan fingerprint density at radius 2 is 1.79 bits per heavy atom. The van der Waals surface area contributed by atoms with Crippen molar-refractivity contribution in [2.45, 2.75) is 0 Å². The van der Waals surface area contributed by atoms with Crippen molar-refractivity contribution in [3.8, 4) is 0 Å². The van der Waals surface area contributed by atoms with Gasteiger partial charge >= 0.3 is 51.4 Å². The molecule has 0 radical (unpaired) electrons. The third kappa shape index (κ3) is 8.71. The van der Waals surface area contributed by atoms with Crippen molar-refractivity contribution in [2.75, 3.05) is 38.6 Å². The Hall–Kier alpha value is 1.43. The van der Waals surface area contributed by atoms with Crippen LogP contribution in [0.1, 0.15) is 0 Å². The average molecular weight is 251 g/mol. The number of ether oxygens (including phenoxy) is 1. The molecule has 0 aromatic rings. The van der Waals surface area contributed by atoms with Gasteiger partial charge in [0.05, 0.1) is 19.0 Å². The second kappa shape index (κ2) is 8.56. The normalized spacial score (nSPS) is 18.1.